The number of rotatable bonds is 6. The van der Waals surface area contributed by atoms with Crippen LogP contribution in [0.1, 0.15) is 33.4 Å². The molecule has 6 heteroatoms. The normalized spacial score (nSPS) is 12.8. The number of nitrogens with one attached hydrogen (secondary N) is 1. The lowest BCUT2D eigenvalue weighted by Gasteiger charge is -2.26. The second-order valence-corrected chi connectivity index (χ2v) is 6.60. The highest BCUT2D eigenvalue weighted by Gasteiger charge is 2.20. The van der Waals surface area contributed by atoms with Gasteiger partial charge in [-0.2, -0.15) is 0 Å². The maximum Gasteiger partial charge on any atom is 0.410 e. The van der Waals surface area contributed by atoms with E-state index in [-0.39, 0.29) is 17.8 Å². The van der Waals surface area contributed by atoms with E-state index in [1.807, 2.05) is 20.8 Å². The molecule has 1 aromatic rings. The van der Waals surface area contributed by atoms with Gasteiger partial charge in [0.15, 0.2) is 0 Å². The molecule has 0 aromatic carbocycles. The van der Waals surface area contributed by atoms with Crippen molar-refractivity contribution in [2.45, 2.75) is 39.8 Å². The largest absolute Gasteiger partial charge is 0.506 e. The lowest BCUT2D eigenvalue weighted by molar-refractivity contribution is 0.0277. The third kappa shape index (κ3) is 7.26. The first-order valence-corrected chi connectivity index (χ1v) is 7.46. The Balaban J connectivity index is 2.29. The summed E-state index contributed by atoms with van der Waals surface area (Å²) in [4.78, 5) is 17.6. The highest BCUT2D eigenvalue weighted by atomic mass is 16.6. The molecule has 0 aliphatic heterocycles. The molecule has 1 aromatic heterocycles. The maximum absolute atomic E-state index is 11.9. The van der Waals surface area contributed by atoms with Crippen molar-refractivity contribution in [1.82, 2.24) is 15.2 Å². The Labute approximate surface area is 132 Å². The van der Waals surface area contributed by atoms with Crippen LogP contribution in [0.3, 0.4) is 0 Å². The molecule has 0 bridgehead atoms. The minimum Gasteiger partial charge on any atom is -0.506 e. The lowest BCUT2D eigenvalue weighted by Crippen LogP contribution is -2.38. The zero-order valence-corrected chi connectivity index (χ0v) is 14.1. The number of aromatic hydroxyl groups is 1. The van der Waals surface area contributed by atoms with Gasteiger partial charge in [-0.1, -0.05) is 6.92 Å². The van der Waals surface area contributed by atoms with Crippen LogP contribution < -0.4 is 5.32 Å². The smallest absolute Gasteiger partial charge is 0.410 e. The number of hydrogen-bond donors (Lipinski definition) is 2. The third-order valence-electron chi connectivity index (χ3n) is 2.90. The zero-order valence-electron chi connectivity index (χ0n) is 14.1. The fourth-order valence-corrected chi connectivity index (χ4v) is 1.91. The highest BCUT2D eigenvalue weighted by molar-refractivity contribution is 5.67. The van der Waals surface area contributed by atoms with Gasteiger partial charge < -0.3 is 20.1 Å². The fraction of sp³-hybridized carbons (Fsp3) is 0.625. The second kappa shape index (κ2) is 7.98. The Hall–Kier alpha value is -1.82. The lowest BCUT2D eigenvalue weighted by atomic mass is 10.1. The summed E-state index contributed by atoms with van der Waals surface area (Å²) in [5.41, 5.74) is 0.391. The van der Waals surface area contributed by atoms with E-state index in [1.165, 1.54) is 6.20 Å². The number of amides is 1. The number of nitrogens with zero attached hydrogens (tertiary/aromatic N) is 2. The zero-order chi connectivity index (χ0) is 16.8. The second-order valence-electron chi connectivity index (χ2n) is 6.60. The number of hydrogen-bond acceptors (Lipinski definition) is 5. The van der Waals surface area contributed by atoms with Crippen LogP contribution in [-0.4, -0.2) is 46.8 Å². The van der Waals surface area contributed by atoms with Gasteiger partial charge in [-0.15, -0.1) is 0 Å². The molecule has 1 rings (SSSR count). The van der Waals surface area contributed by atoms with Crippen molar-refractivity contribution in [2.24, 2.45) is 5.92 Å². The van der Waals surface area contributed by atoms with Gasteiger partial charge in [0, 0.05) is 20.1 Å². The van der Waals surface area contributed by atoms with E-state index in [0.717, 1.165) is 12.2 Å². The number of pyridine rings is 1. The van der Waals surface area contributed by atoms with E-state index >= 15 is 0 Å². The van der Waals surface area contributed by atoms with E-state index in [1.54, 1.807) is 24.1 Å². The summed E-state index contributed by atoms with van der Waals surface area (Å²) in [6, 6.07) is 3.39. The van der Waals surface area contributed by atoms with Crippen LogP contribution in [-0.2, 0) is 11.3 Å². The van der Waals surface area contributed by atoms with Crippen molar-refractivity contribution < 1.29 is 14.6 Å². The van der Waals surface area contributed by atoms with Gasteiger partial charge in [0.2, 0.25) is 0 Å². The van der Waals surface area contributed by atoms with Crippen LogP contribution in [0.4, 0.5) is 4.79 Å². The molecule has 0 saturated carbocycles. The van der Waals surface area contributed by atoms with Gasteiger partial charge in [-0.25, -0.2) is 4.79 Å². The highest BCUT2D eigenvalue weighted by Crippen LogP contribution is 2.10. The van der Waals surface area contributed by atoms with Gasteiger partial charge >= 0.3 is 6.09 Å². The molecule has 0 aliphatic carbocycles. The van der Waals surface area contributed by atoms with Gasteiger partial charge in [-0.3, -0.25) is 4.98 Å². The van der Waals surface area contributed by atoms with Crippen LogP contribution in [0.15, 0.2) is 18.3 Å². The molecule has 0 fully saturated rings. The molecule has 1 atom stereocenters. The van der Waals surface area contributed by atoms with E-state index in [9.17, 15) is 4.79 Å². The van der Waals surface area contributed by atoms with Gasteiger partial charge in [-0.05, 0) is 45.4 Å². The quantitative estimate of drug-likeness (QED) is 0.844. The van der Waals surface area contributed by atoms with Crippen LogP contribution in [0.5, 0.6) is 5.75 Å². The van der Waals surface area contributed by atoms with E-state index in [0.29, 0.717) is 13.1 Å². The average molecular weight is 309 g/mol. The van der Waals surface area contributed by atoms with Crippen LogP contribution in [0.25, 0.3) is 0 Å². The van der Waals surface area contributed by atoms with E-state index in [2.05, 4.69) is 17.2 Å². The van der Waals surface area contributed by atoms with Gasteiger partial charge in [0.25, 0.3) is 0 Å². The van der Waals surface area contributed by atoms with Crippen molar-refractivity contribution in [2.75, 3.05) is 20.1 Å². The van der Waals surface area contributed by atoms with Crippen LogP contribution in [0.2, 0.25) is 0 Å². The molecule has 0 aliphatic rings. The number of carbonyl (C=O) groups excluding carboxylic acids is 1. The molecule has 1 amide bonds. The molecular formula is C16H27N3O3. The van der Waals surface area contributed by atoms with Crippen molar-refractivity contribution in [3.63, 3.8) is 0 Å². The molecule has 1 unspecified atom stereocenters. The first-order valence-electron chi connectivity index (χ1n) is 7.46. The number of aromatic nitrogens is 1. The minimum atomic E-state index is -0.475. The Bertz CT molecular complexity index is 469. The molecule has 0 spiro atoms. The predicted molar refractivity (Wildman–Crippen MR) is 85.6 cm³/mol. The average Bonchev–Trinajstić information content (AvgIpc) is 2.39. The Morgan fingerprint density at radius 3 is 2.68 bits per heavy atom. The SMILES string of the molecule is CC(CNCc1ccc(O)cn1)CN(C)C(=O)OC(C)(C)C. The molecule has 22 heavy (non-hydrogen) atoms. The monoisotopic (exact) mass is 309 g/mol. The first kappa shape index (κ1) is 18.2. The Morgan fingerprint density at radius 2 is 2.14 bits per heavy atom. The van der Waals surface area contributed by atoms with Crippen molar-refractivity contribution in [3.8, 4) is 5.75 Å². The van der Waals surface area contributed by atoms with E-state index in [4.69, 9.17) is 9.84 Å². The minimum absolute atomic E-state index is 0.163. The summed E-state index contributed by atoms with van der Waals surface area (Å²) in [5.74, 6) is 0.450. The third-order valence-corrected chi connectivity index (χ3v) is 2.90. The molecule has 2 N–H and O–H groups in total. The Kier molecular flexibility index (Phi) is 6.61. The fourth-order valence-electron chi connectivity index (χ4n) is 1.91. The standard InChI is InChI=1S/C16H27N3O3/c1-12(11-19(5)15(21)22-16(2,3)4)8-17-9-13-6-7-14(20)10-18-13/h6-7,10,12,17,20H,8-9,11H2,1-5H3. The molecular weight excluding hydrogens is 282 g/mol. The van der Waals surface area contributed by atoms with Crippen molar-refractivity contribution in [1.29, 1.82) is 0 Å². The first-order chi connectivity index (χ1) is 10.2. The van der Waals surface area contributed by atoms with Crippen LogP contribution >= 0.6 is 0 Å². The predicted octanol–water partition coefficient (Wildman–Crippen LogP) is 2.38. The summed E-state index contributed by atoms with van der Waals surface area (Å²) < 4.78 is 5.32. The van der Waals surface area contributed by atoms with Gasteiger partial charge in [0.05, 0.1) is 11.9 Å². The molecule has 1 heterocycles. The summed E-state index contributed by atoms with van der Waals surface area (Å²) >= 11 is 0. The van der Waals surface area contributed by atoms with Gasteiger partial charge in [0.1, 0.15) is 11.4 Å². The molecule has 0 saturated heterocycles. The summed E-state index contributed by atoms with van der Waals surface area (Å²) in [5, 5.41) is 12.5. The topological polar surface area (TPSA) is 74.7 Å². The molecule has 124 valence electrons. The van der Waals surface area contributed by atoms with Crippen LogP contribution in [0, 0.1) is 5.92 Å². The van der Waals surface area contributed by atoms with E-state index < -0.39 is 5.60 Å². The summed E-state index contributed by atoms with van der Waals surface area (Å²) in [6.45, 7) is 9.64. The van der Waals surface area contributed by atoms with Crippen molar-refractivity contribution >= 4 is 6.09 Å². The summed E-state index contributed by atoms with van der Waals surface area (Å²) in [7, 11) is 1.74. The van der Waals surface area contributed by atoms with Crippen molar-refractivity contribution in [3.05, 3.63) is 24.0 Å². The Morgan fingerprint density at radius 1 is 1.45 bits per heavy atom. The number of carbonyl (C=O) groups is 1. The molecule has 6 nitrogen and oxygen atoms in total. The maximum atomic E-state index is 11.9. The molecule has 0 radical (unpaired) electrons. The number of ether oxygens (including phenoxy) is 1. The summed E-state index contributed by atoms with van der Waals surface area (Å²) in [6.07, 6.45) is 1.12.